The number of halogens is 4. The second kappa shape index (κ2) is 10.8. The molecule has 0 spiro atoms. The lowest BCUT2D eigenvalue weighted by Crippen LogP contribution is -2.36. The number of allylic oxidation sites excluding steroid dienone is 1. The Morgan fingerprint density at radius 3 is 2.31 bits per heavy atom. The summed E-state index contributed by atoms with van der Waals surface area (Å²) >= 11 is 0. The van der Waals surface area contributed by atoms with Crippen molar-refractivity contribution in [3.05, 3.63) is 90.0 Å². The molecule has 1 N–H and O–H groups in total. The molecule has 0 aliphatic rings. The van der Waals surface area contributed by atoms with Gasteiger partial charge in [0.2, 0.25) is 0 Å². The van der Waals surface area contributed by atoms with E-state index in [4.69, 9.17) is 0 Å². The van der Waals surface area contributed by atoms with Gasteiger partial charge in [0, 0.05) is 25.4 Å². The number of hydrogen-bond donors (Lipinski definition) is 1. The molecule has 0 saturated heterocycles. The van der Waals surface area contributed by atoms with Crippen LogP contribution in [0, 0.1) is 5.82 Å². The van der Waals surface area contributed by atoms with Gasteiger partial charge in [-0.05, 0) is 73.2 Å². The Labute approximate surface area is 205 Å². The van der Waals surface area contributed by atoms with E-state index < -0.39 is 28.1 Å². The van der Waals surface area contributed by atoms with Crippen molar-refractivity contribution < 1.29 is 35.5 Å². The highest BCUT2D eigenvalue weighted by Gasteiger charge is 2.31. The maximum Gasteiger partial charge on any atom is 0.573 e. The number of amides is 1. The number of alkyl halides is 3. The van der Waals surface area contributed by atoms with E-state index in [0.29, 0.717) is 16.8 Å². The minimum Gasteiger partial charge on any atom is -0.406 e. The number of likely N-dealkylation sites (N-methyl/N-ethyl adjacent to an activating group) is 1. The molecule has 1 heterocycles. The third kappa shape index (κ3) is 6.60. The number of carbonyl (C=O) groups excluding carboxylic acids is 1. The zero-order valence-corrected chi connectivity index (χ0v) is 19.9. The number of benzene rings is 2. The summed E-state index contributed by atoms with van der Waals surface area (Å²) in [5.41, 5.74) is 1.44. The normalized spacial score (nSPS) is 12.2. The molecular weight excluding hydrogens is 502 g/mol. The third-order valence-electron chi connectivity index (χ3n) is 4.98. The first-order chi connectivity index (χ1) is 16.9. The molecule has 0 saturated carbocycles. The molecule has 0 aliphatic carbocycles. The highest BCUT2D eigenvalue weighted by Crippen LogP contribution is 2.26. The maximum absolute atomic E-state index is 13.2. The SMILES string of the molecule is C/C=C(\C(=O)NCc1ccnc(-c2ccc(OC(F)(F)F)cc2)c1)N(C)S(=O)(=O)c1ccc(F)cc1. The zero-order valence-electron chi connectivity index (χ0n) is 19.1. The van der Waals surface area contributed by atoms with Crippen LogP contribution in [0.25, 0.3) is 11.3 Å². The molecule has 12 heteroatoms. The summed E-state index contributed by atoms with van der Waals surface area (Å²) in [6, 6.07) is 12.6. The average Bonchev–Trinajstić information content (AvgIpc) is 2.83. The predicted octanol–water partition coefficient (Wildman–Crippen LogP) is 4.63. The van der Waals surface area contributed by atoms with E-state index in [9.17, 15) is 30.8 Å². The lowest BCUT2D eigenvalue weighted by molar-refractivity contribution is -0.274. The molecule has 0 bridgehead atoms. The molecule has 3 aromatic rings. The number of sulfonamides is 1. The van der Waals surface area contributed by atoms with Crippen LogP contribution in [0.5, 0.6) is 5.75 Å². The Hall–Kier alpha value is -3.93. The van der Waals surface area contributed by atoms with Gasteiger partial charge in [-0.15, -0.1) is 13.2 Å². The number of aromatic nitrogens is 1. The van der Waals surface area contributed by atoms with E-state index in [1.54, 1.807) is 12.1 Å². The van der Waals surface area contributed by atoms with Crippen LogP contribution in [0.15, 0.2) is 83.5 Å². The molecule has 0 radical (unpaired) electrons. The lowest BCUT2D eigenvalue weighted by Gasteiger charge is -2.22. The summed E-state index contributed by atoms with van der Waals surface area (Å²) in [7, 11) is -2.89. The fourth-order valence-electron chi connectivity index (χ4n) is 3.19. The number of pyridine rings is 1. The third-order valence-corrected chi connectivity index (χ3v) is 6.76. The van der Waals surface area contributed by atoms with Gasteiger partial charge < -0.3 is 10.1 Å². The molecule has 190 valence electrons. The van der Waals surface area contributed by atoms with E-state index in [-0.39, 0.29) is 22.9 Å². The molecule has 2 aromatic carbocycles. The number of ether oxygens (including phenoxy) is 1. The summed E-state index contributed by atoms with van der Waals surface area (Å²) < 4.78 is 80.5. The van der Waals surface area contributed by atoms with Crippen LogP contribution in [0.3, 0.4) is 0 Å². The Morgan fingerprint density at radius 2 is 1.72 bits per heavy atom. The summed E-state index contributed by atoms with van der Waals surface area (Å²) in [6.45, 7) is 1.52. The van der Waals surface area contributed by atoms with E-state index in [2.05, 4.69) is 15.0 Å². The van der Waals surface area contributed by atoms with E-state index in [1.165, 1.54) is 38.4 Å². The molecule has 0 unspecified atom stereocenters. The van der Waals surface area contributed by atoms with Gasteiger partial charge in [-0.2, -0.15) is 0 Å². The van der Waals surface area contributed by atoms with Crippen molar-refractivity contribution in [3.8, 4) is 17.0 Å². The van der Waals surface area contributed by atoms with Crippen LogP contribution < -0.4 is 10.1 Å². The largest absolute Gasteiger partial charge is 0.573 e. The highest BCUT2D eigenvalue weighted by atomic mass is 32.2. The quantitative estimate of drug-likeness (QED) is 0.344. The second-order valence-electron chi connectivity index (χ2n) is 7.40. The fourth-order valence-corrected chi connectivity index (χ4v) is 4.44. The number of carbonyl (C=O) groups is 1. The van der Waals surface area contributed by atoms with Crippen LogP contribution in [-0.2, 0) is 21.4 Å². The molecular formula is C24H21F4N3O4S. The lowest BCUT2D eigenvalue weighted by atomic mass is 10.1. The van der Waals surface area contributed by atoms with Crippen LogP contribution in [0.2, 0.25) is 0 Å². The van der Waals surface area contributed by atoms with Gasteiger partial charge in [-0.1, -0.05) is 6.08 Å². The zero-order chi connectivity index (χ0) is 26.5. The van der Waals surface area contributed by atoms with Crippen molar-refractivity contribution in [2.24, 2.45) is 0 Å². The highest BCUT2D eigenvalue weighted by molar-refractivity contribution is 7.89. The minimum absolute atomic E-state index is 0.0192. The summed E-state index contributed by atoms with van der Waals surface area (Å²) in [5.74, 6) is -1.63. The van der Waals surface area contributed by atoms with Gasteiger partial charge >= 0.3 is 6.36 Å². The minimum atomic E-state index is -4.80. The van der Waals surface area contributed by atoms with Crippen molar-refractivity contribution in [2.45, 2.75) is 24.7 Å². The fraction of sp³-hybridized carbons (Fsp3) is 0.167. The summed E-state index contributed by atoms with van der Waals surface area (Å²) in [6.07, 6.45) is -1.99. The Balaban J connectivity index is 1.69. The topological polar surface area (TPSA) is 88.6 Å². The first-order valence-electron chi connectivity index (χ1n) is 10.4. The van der Waals surface area contributed by atoms with Crippen molar-refractivity contribution >= 4 is 15.9 Å². The van der Waals surface area contributed by atoms with Crippen LogP contribution in [0.4, 0.5) is 17.6 Å². The van der Waals surface area contributed by atoms with E-state index in [0.717, 1.165) is 40.7 Å². The van der Waals surface area contributed by atoms with E-state index >= 15 is 0 Å². The van der Waals surface area contributed by atoms with Crippen molar-refractivity contribution in [1.82, 2.24) is 14.6 Å². The number of nitrogens with zero attached hydrogens (tertiary/aromatic N) is 2. The molecule has 0 fully saturated rings. The van der Waals surface area contributed by atoms with Gasteiger partial charge in [0.05, 0.1) is 10.6 Å². The molecule has 0 aliphatic heterocycles. The van der Waals surface area contributed by atoms with Gasteiger partial charge in [0.15, 0.2) is 0 Å². The standard InChI is InChI=1S/C24H21F4N3O4S/c1-3-22(31(2)36(33,34)20-10-6-18(25)7-11-20)23(32)30-15-16-12-13-29-21(14-16)17-4-8-19(9-5-17)35-24(26,27)28/h3-14H,15H2,1-2H3,(H,30,32)/b22-3+. The van der Waals surface area contributed by atoms with Crippen LogP contribution in [-0.4, -0.2) is 37.0 Å². The molecule has 0 atom stereocenters. The first-order valence-corrected chi connectivity index (χ1v) is 11.8. The van der Waals surface area contributed by atoms with Gasteiger partial charge in [-0.3, -0.25) is 14.1 Å². The number of nitrogens with one attached hydrogen (secondary N) is 1. The summed E-state index contributed by atoms with van der Waals surface area (Å²) in [5, 5.41) is 2.63. The summed E-state index contributed by atoms with van der Waals surface area (Å²) in [4.78, 5) is 16.8. The van der Waals surface area contributed by atoms with Gasteiger partial charge in [0.25, 0.3) is 15.9 Å². The molecule has 1 aromatic heterocycles. The monoisotopic (exact) mass is 523 g/mol. The Kier molecular flexibility index (Phi) is 7.98. The Bertz CT molecular complexity index is 1360. The number of rotatable bonds is 8. The van der Waals surface area contributed by atoms with Gasteiger partial charge in [-0.25, -0.2) is 12.8 Å². The smallest absolute Gasteiger partial charge is 0.406 e. The maximum atomic E-state index is 13.2. The van der Waals surface area contributed by atoms with Crippen LogP contribution in [0.1, 0.15) is 12.5 Å². The van der Waals surface area contributed by atoms with E-state index in [1.807, 2.05) is 0 Å². The second-order valence-corrected chi connectivity index (χ2v) is 9.37. The van der Waals surface area contributed by atoms with Gasteiger partial charge in [0.1, 0.15) is 17.3 Å². The molecule has 3 rings (SSSR count). The van der Waals surface area contributed by atoms with Crippen molar-refractivity contribution in [1.29, 1.82) is 0 Å². The van der Waals surface area contributed by atoms with Crippen LogP contribution >= 0.6 is 0 Å². The predicted molar refractivity (Wildman–Crippen MR) is 123 cm³/mol. The Morgan fingerprint density at radius 1 is 1.08 bits per heavy atom. The molecule has 36 heavy (non-hydrogen) atoms. The average molecular weight is 524 g/mol. The van der Waals surface area contributed by atoms with Crippen molar-refractivity contribution in [3.63, 3.8) is 0 Å². The molecule has 7 nitrogen and oxygen atoms in total. The molecule has 1 amide bonds. The van der Waals surface area contributed by atoms with Crippen molar-refractivity contribution in [2.75, 3.05) is 7.05 Å². The first kappa shape index (κ1) is 26.7. The number of hydrogen-bond acceptors (Lipinski definition) is 5.